The van der Waals surface area contributed by atoms with Gasteiger partial charge in [0.2, 0.25) is 11.8 Å². The Kier molecular flexibility index (Phi) is 10.4. The lowest BCUT2D eigenvalue weighted by Gasteiger charge is -2.33. The second kappa shape index (κ2) is 13.3. The molecule has 0 aliphatic carbocycles. The number of carbonyl (C=O) groups excluding carboxylic acids is 2. The van der Waals surface area contributed by atoms with Gasteiger partial charge in [-0.3, -0.25) is 13.9 Å². The highest BCUT2D eigenvalue weighted by Gasteiger charge is 2.33. The second-order valence-corrected chi connectivity index (χ2v) is 11.5. The number of benzene rings is 3. The van der Waals surface area contributed by atoms with E-state index in [1.807, 2.05) is 0 Å². The van der Waals surface area contributed by atoms with E-state index in [4.69, 9.17) is 34.8 Å². The maximum Gasteiger partial charge on any atom is 0.264 e. The predicted octanol–water partition coefficient (Wildman–Crippen LogP) is 5.79. The highest BCUT2D eigenvalue weighted by atomic mass is 35.5. The van der Waals surface area contributed by atoms with Crippen molar-refractivity contribution in [2.75, 3.05) is 17.4 Å². The minimum absolute atomic E-state index is 0.0100. The molecular weight excluding hydrogens is 569 g/mol. The fraction of sp³-hybridized carbons (Fsp3) is 0.259. The van der Waals surface area contributed by atoms with Crippen LogP contribution >= 0.6 is 34.8 Å². The van der Waals surface area contributed by atoms with Crippen LogP contribution in [0.5, 0.6) is 0 Å². The van der Waals surface area contributed by atoms with Gasteiger partial charge in [0.15, 0.2) is 0 Å². The van der Waals surface area contributed by atoms with Crippen molar-refractivity contribution in [2.24, 2.45) is 0 Å². The molecule has 0 fully saturated rings. The number of halogens is 3. The molecule has 7 nitrogen and oxygen atoms in total. The minimum atomic E-state index is -4.17. The number of rotatable bonds is 11. The molecule has 0 saturated heterocycles. The molecule has 3 aromatic rings. The lowest BCUT2D eigenvalue weighted by Crippen LogP contribution is -2.52. The molecule has 38 heavy (non-hydrogen) atoms. The number of likely N-dealkylation sites (N-methyl/N-ethyl adjacent to an activating group) is 1. The van der Waals surface area contributed by atoms with Gasteiger partial charge >= 0.3 is 0 Å². The maximum absolute atomic E-state index is 13.9. The first-order chi connectivity index (χ1) is 18.1. The molecule has 3 aromatic carbocycles. The van der Waals surface area contributed by atoms with Gasteiger partial charge in [-0.25, -0.2) is 8.42 Å². The molecular formula is C27H28Cl3N3O4S. The van der Waals surface area contributed by atoms with E-state index < -0.39 is 28.5 Å². The third-order valence-electron chi connectivity index (χ3n) is 5.80. The monoisotopic (exact) mass is 595 g/mol. The van der Waals surface area contributed by atoms with Crippen molar-refractivity contribution in [3.05, 3.63) is 93.4 Å². The largest absolute Gasteiger partial charge is 0.355 e. The zero-order valence-corrected chi connectivity index (χ0v) is 24.0. The molecule has 1 atom stereocenters. The van der Waals surface area contributed by atoms with E-state index in [-0.39, 0.29) is 23.0 Å². The van der Waals surface area contributed by atoms with Gasteiger partial charge < -0.3 is 10.2 Å². The first-order valence-corrected chi connectivity index (χ1v) is 14.5. The predicted molar refractivity (Wildman–Crippen MR) is 152 cm³/mol. The maximum atomic E-state index is 13.9. The number of carbonyl (C=O) groups is 2. The lowest BCUT2D eigenvalue weighted by molar-refractivity contribution is -0.140. The Bertz CT molecular complexity index is 1390. The normalized spacial score (nSPS) is 12.0. The van der Waals surface area contributed by atoms with E-state index in [0.717, 1.165) is 4.31 Å². The average molecular weight is 597 g/mol. The summed E-state index contributed by atoms with van der Waals surface area (Å²) in [6, 6.07) is 18.0. The number of nitrogens with zero attached hydrogens (tertiary/aromatic N) is 2. The van der Waals surface area contributed by atoms with Gasteiger partial charge in [-0.05, 0) is 61.4 Å². The van der Waals surface area contributed by atoms with Gasteiger partial charge in [-0.2, -0.15) is 0 Å². The number of hydrogen-bond acceptors (Lipinski definition) is 4. The van der Waals surface area contributed by atoms with Gasteiger partial charge in [-0.15, -0.1) is 0 Å². The molecule has 2 amide bonds. The van der Waals surface area contributed by atoms with E-state index in [9.17, 15) is 18.0 Å². The molecule has 11 heteroatoms. The lowest BCUT2D eigenvalue weighted by atomic mass is 10.1. The van der Waals surface area contributed by atoms with Gasteiger partial charge in [0.1, 0.15) is 12.6 Å². The zero-order chi connectivity index (χ0) is 27.9. The average Bonchev–Trinajstić information content (AvgIpc) is 2.88. The SMILES string of the molecule is CCNC(=O)C(CC)N(Cc1ccc(Cl)cc1Cl)C(=O)CN(c1cccc(Cl)c1)S(=O)(=O)c1ccccc1. The number of nitrogens with one attached hydrogen (secondary N) is 1. The number of sulfonamides is 1. The number of hydrogen-bond donors (Lipinski definition) is 1. The summed E-state index contributed by atoms with van der Waals surface area (Å²) in [5.41, 5.74) is 0.776. The van der Waals surface area contributed by atoms with Crippen molar-refractivity contribution in [3.63, 3.8) is 0 Å². The van der Waals surface area contributed by atoms with Crippen molar-refractivity contribution < 1.29 is 18.0 Å². The van der Waals surface area contributed by atoms with Crippen molar-refractivity contribution >= 4 is 62.3 Å². The third-order valence-corrected chi connectivity index (χ3v) is 8.41. The molecule has 0 bridgehead atoms. The quantitative estimate of drug-likeness (QED) is 0.304. The van der Waals surface area contributed by atoms with E-state index in [0.29, 0.717) is 33.6 Å². The van der Waals surface area contributed by atoms with Crippen LogP contribution in [-0.2, 0) is 26.2 Å². The van der Waals surface area contributed by atoms with Crippen molar-refractivity contribution in [1.82, 2.24) is 10.2 Å². The number of amides is 2. The van der Waals surface area contributed by atoms with Gasteiger partial charge in [0, 0.05) is 28.2 Å². The summed E-state index contributed by atoms with van der Waals surface area (Å²) < 4.78 is 28.4. The van der Waals surface area contributed by atoms with Crippen LogP contribution in [0.3, 0.4) is 0 Å². The topological polar surface area (TPSA) is 86.8 Å². The molecule has 0 aliphatic rings. The Morgan fingerprint density at radius 1 is 0.895 bits per heavy atom. The summed E-state index contributed by atoms with van der Waals surface area (Å²) in [5.74, 6) is -0.942. The highest BCUT2D eigenvalue weighted by molar-refractivity contribution is 7.92. The fourth-order valence-electron chi connectivity index (χ4n) is 3.92. The Labute approximate surface area is 238 Å². The summed E-state index contributed by atoms with van der Waals surface area (Å²) in [6.07, 6.45) is 0.297. The molecule has 0 aliphatic heterocycles. The van der Waals surface area contributed by atoms with Crippen LogP contribution < -0.4 is 9.62 Å². The van der Waals surface area contributed by atoms with Crippen LogP contribution in [0, 0.1) is 0 Å². The van der Waals surface area contributed by atoms with Crippen LogP contribution in [-0.4, -0.2) is 44.3 Å². The highest BCUT2D eigenvalue weighted by Crippen LogP contribution is 2.28. The molecule has 202 valence electrons. The standard InChI is InChI=1S/C27H28Cl3N3O4S/c1-3-25(27(35)31-4-2)32(17-19-13-14-21(29)16-24(19)30)26(34)18-33(22-10-8-9-20(28)15-22)38(36,37)23-11-6-5-7-12-23/h5-16,25H,3-4,17-18H2,1-2H3,(H,31,35). The second-order valence-electron chi connectivity index (χ2n) is 8.38. The van der Waals surface area contributed by atoms with Gasteiger partial charge in [-0.1, -0.05) is 72.1 Å². The van der Waals surface area contributed by atoms with Crippen LogP contribution in [0.4, 0.5) is 5.69 Å². The molecule has 0 heterocycles. The molecule has 0 saturated carbocycles. The summed E-state index contributed by atoms with van der Waals surface area (Å²) in [4.78, 5) is 28.2. The van der Waals surface area contributed by atoms with Crippen LogP contribution in [0.25, 0.3) is 0 Å². The van der Waals surface area contributed by atoms with E-state index in [2.05, 4.69) is 5.32 Å². The summed E-state index contributed by atoms with van der Waals surface area (Å²) in [6.45, 7) is 3.33. The summed E-state index contributed by atoms with van der Waals surface area (Å²) >= 11 is 18.6. The first kappa shape index (κ1) is 29.8. The third kappa shape index (κ3) is 7.20. The summed E-state index contributed by atoms with van der Waals surface area (Å²) in [5, 5.41) is 3.81. The van der Waals surface area contributed by atoms with Crippen LogP contribution in [0.15, 0.2) is 77.7 Å². The molecule has 0 radical (unpaired) electrons. The van der Waals surface area contributed by atoms with Crippen molar-refractivity contribution in [3.8, 4) is 0 Å². The zero-order valence-electron chi connectivity index (χ0n) is 20.9. The van der Waals surface area contributed by atoms with Gasteiger partial charge in [0.25, 0.3) is 10.0 Å². The van der Waals surface area contributed by atoms with E-state index >= 15 is 0 Å². The molecule has 3 rings (SSSR count). The number of anilines is 1. The Morgan fingerprint density at radius 2 is 1.58 bits per heavy atom. The Hall–Kier alpha value is -2.78. The molecule has 1 N–H and O–H groups in total. The van der Waals surface area contributed by atoms with E-state index in [1.165, 1.54) is 23.1 Å². The molecule has 0 spiro atoms. The van der Waals surface area contributed by atoms with E-state index in [1.54, 1.807) is 68.4 Å². The molecule has 0 aromatic heterocycles. The molecule has 1 unspecified atom stereocenters. The Balaban J connectivity index is 2.07. The smallest absolute Gasteiger partial charge is 0.264 e. The Morgan fingerprint density at radius 3 is 2.18 bits per heavy atom. The minimum Gasteiger partial charge on any atom is -0.355 e. The van der Waals surface area contributed by atoms with Gasteiger partial charge in [0.05, 0.1) is 10.6 Å². The van der Waals surface area contributed by atoms with Crippen molar-refractivity contribution in [1.29, 1.82) is 0 Å². The van der Waals surface area contributed by atoms with Crippen molar-refractivity contribution in [2.45, 2.75) is 37.8 Å². The first-order valence-electron chi connectivity index (χ1n) is 11.9. The summed E-state index contributed by atoms with van der Waals surface area (Å²) in [7, 11) is -4.17. The van der Waals surface area contributed by atoms with Crippen LogP contribution in [0.1, 0.15) is 25.8 Å². The fourth-order valence-corrected chi connectivity index (χ4v) is 6.00. The van der Waals surface area contributed by atoms with Crippen LogP contribution in [0.2, 0.25) is 15.1 Å².